The zero-order chi connectivity index (χ0) is 19.8. The van der Waals surface area contributed by atoms with Crippen LogP contribution in [0.1, 0.15) is 25.7 Å². The van der Waals surface area contributed by atoms with E-state index < -0.39 is 0 Å². The smallest absolute Gasteiger partial charge is 0.393 e. The van der Waals surface area contributed by atoms with Gasteiger partial charge in [0, 0.05) is 36.1 Å². The monoisotopic (exact) mass is 394 g/mol. The Morgan fingerprint density at radius 1 is 1.14 bits per heavy atom. The van der Waals surface area contributed by atoms with E-state index >= 15 is 0 Å². The maximum Gasteiger partial charge on any atom is 0.393 e. The van der Waals surface area contributed by atoms with Gasteiger partial charge in [0.2, 0.25) is 0 Å². The van der Waals surface area contributed by atoms with Crippen LogP contribution in [0.4, 0.5) is 5.82 Å². The van der Waals surface area contributed by atoms with Gasteiger partial charge >= 0.3 is 6.08 Å². The van der Waals surface area contributed by atoms with Crippen molar-refractivity contribution < 1.29 is 9.15 Å². The quantitative estimate of drug-likeness (QED) is 0.732. The van der Waals surface area contributed by atoms with Crippen molar-refractivity contribution in [1.29, 1.82) is 0 Å². The molecule has 7 nitrogen and oxygen atoms in total. The molecule has 4 heterocycles. The molecule has 0 saturated carbocycles. The van der Waals surface area contributed by atoms with Crippen LogP contribution in [0.3, 0.4) is 0 Å². The number of hydrogen-bond acceptors (Lipinski definition) is 6. The van der Waals surface area contributed by atoms with Crippen molar-refractivity contribution in [2.45, 2.75) is 31.7 Å². The minimum absolute atomic E-state index is 0.0390. The van der Waals surface area contributed by atoms with Gasteiger partial charge in [-0.15, -0.1) is 0 Å². The van der Waals surface area contributed by atoms with Crippen LogP contribution >= 0.6 is 0 Å². The zero-order valence-corrected chi connectivity index (χ0v) is 16.7. The second kappa shape index (κ2) is 7.55. The molecule has 29 heavy (non-hydrogen) atoms. The first-order valence-corrected chi connectivity index (χ1v) is 10.4. The molecule has 7 heteroatoms. The van der Waals surface area contributed by atoms with E-state index in [9.17, 15) is 4.79 Å². The maximum atomic E-state index is 12.7. The summed E-state index contributed by atoms with van der Waals surface area (Å²) in [6.07, 6.45) is 6.82. The number of hydrogen-bond donors (Lipinski definition) is 1. The summed E-state index contributed by atoms with van der Waals surface area (Å²) in [6, 6.07) is 8.07. The Balaban J connectivity index is 1.40. The lowest BCUT2D eigenvalue weighted by atomic mass is 10.0. The Hall–Kier alpha value is -2.80. The third kappa shape index (κ3) is 3.51. The minimum Gasteiger partial charge on any atom is -0.454 e. The molecule has 0 unspecified atom stereocenters. The summed E-state index contributed by atoms with van der Waals surface area (Å²) in [4.78, 5) is 25.2. The minimum atomic E-state index is 0.0390. The fourth-order valence-corrected chi connectivity index (χ4v) is 4.63. The molecule has 152 valence electrons. The number of rotatable bonds is 4. The predicted octanol–water partition coefficient (Wildman–Crippen LogP) is 3.26. The molecule has 0 radical (unpaired) electrons. The van der Waals surface area contributed by atoms with E-state index in [2.05, 4.69) is 19.8 Å². The van der Waals surface area contributed by atoms with E-state index in [4.69, 9.17) is 9.15 Å². The van der Waals surface area contributed by atoms with Crippen LogP contribution < -0.4 is 15.1 Å². The first kappa shape index (κ1) is 18.2. The Kier molecular flexibility index (Phi) is 4.75. The Morgan fingerprint density at radius 3 is 2.66 bits per heavy atom. The average Bonchev–Trinajstić information content (AvgIpc) is 3.45. The van der Waals surface area contributed by atoms with Crippen molar-refractivity contribution >= 4 is 16.7 Å². The summed E-state index contributed by atoms with van der Waals surface area (Å²) in [5.74, 6) is 1.51. The summed E-state index contributed by atoms with van der Waals surface area (Å²) in [6.45, 7) is 4.43. The third-order valence-corrected chi connectivity index (χ3v) is 6.22. The number of ether oxygens (including phenoxy) is 1. The molecule has 0 amide bonds. The number of benzene rings is 1. The molecule has 2 saturated heterocycles. The number of methoxy groups -OCH3 is 1. The van der Waals surface area contributed by atoms with Crippen LogP contribution in [0, 0.1) is 0 Å². The van der Waals surface area contributed by atoms with Crippen LogP contribution in [0.15, 0.2) is 39.7 Å². The Bertz CT molecular complexity index is 1060. The van der Waals surface area contributed by atoms with Crippen molar-refractivity contribution in [3.8, 4) is 17.4 Å². The van der Waals surface area contributed by atoms with E-state index in [1.807, 2.05) is 18.2 Å². The number of anilines is 1. The molecule has 2 fully saturated rings. The lowest BCUT2D eigenvalue weighted by molar-refractivity contribution is 0.207. The predicted molar refractivity (Wildman–Crippen MR) is 113 cm³/mol. The van der Waals surface area contributed by atoms with Gasteiger partial charge in [0.15, 0.2) is 11.2 Å². The fraction of sp³-hybridized carbons (Fsp3) is 0.455. The largest absolute Gasteiger partial charge is 0.454 e. The number of piperidine rings is 1. The van der Waals surface area contributed by atoms with Crippen LogP contribution in [0.2, 0.25) is 0 Å². The van der Waals surface area contributed by atoms with Crippen molar-refractivity contribution in [3.05, 3.63) is 40.7 Å². The van der Waals surface area contributed by atoms with E-state index in [1.165, 1.54) is 33.0 Å². The number of nitrogens with one attached hydrogen (secondary N) is 1. The summed E-state index contributed by atoms with van der Waals surface area (Å²) < 4.78 is 10.6. The average molecular weight is 394 g/mol. The molecule has 0 spiro atoms. The molecular formula is C22H26N4O3. The number of H-pyrrole nitrogens is 1. The summed E-state index contributed by atoms with van der Waals surface area (Å²) in [5, 5.41) is 0.677. The van der Waals surface area contributed by atoms with Gasteiger partial charge in [0.25, 0.3) is 0 Å². The highest BCUT2D eigenvalue weighted by molar-refractivity contribution is 5.84. The third-order valence-electron chi connectivity index (χ3n) is 6.22. The maximum absolute atomic E-state index is 12.7. The molecule has 3 aromatic rings. The van der Waals surface area contributed by atoms with Crippen molar-refractivity contribution in [1.82, 2.24) is 14.9 Å². The van der Waals surface area contributed by atoms with E-state index in [1.54, 1.807) is 12.3 Å². The number of nitrogens with zero attached hydrogens (tertiary/aromatic N) is 3. The number of aromatic amines is 1. The van der Waals surface area contributed by atoms with Crippen LogP contribution in [-0.2, 0) is 0 Å². The van der Waals surface area contributed by atoms with Gasteiger partial charge in [-0.05, 0) is 50.9 Å². The van der Waals surface area contributed by atoms with Crippen LogP contribution in [0.25, 0.3) is 22.2 Å². The summed E-state index contributed by atoms with van der Waals surface area (Å²) in [7, 11) is 1.52. The standard InChI is InChI=1S/C22H26N4O3/c1-28-22-23-14-20(29-22)15-4-5-17-18(12-15)24-21(13-19(17)27)26-10-6-16(7-11-26)25-8-2-3-9-25/h4-5,12-14,16H,2-3,6-11H2,1H3,(H,24,27). The van der Waals surface area contributed by atoms with Gasteiger partial charge in [-0.2, -0.15) is 4.98 Å². The molecule has 0 aliphatic carbocycles. The molecule has 2 aromatic heterocycles. The Labute approximate surface area is 169 Å². The summed E-state index contributed by atoms with van der Waals surface area (Å²) in [5.41, 5.74) is 1.70. The highest BCUT2D eigenvalue weighted by Gasteiger charge is 2.27. The number of fused-ring (bicyclic) bond motifs is 1. The lowest BCUT2D eigenvalue weighted by Crippen LogP contribution is -2.44. The number of likely N-dealkylation sites (tertiary alicyclic amines) is 1. The molecule has 1 N–H and O–H groups in total. The van der Waals surface area contributed by atoms with Gasteiger partial charge in [0.05, 0.1) is 18.8 Å². The van der Waals surface area contributed by atoms with E-state index in [0.29, 0.717) is 17.2 Å². The van der Waals surface area contributed by atoms with Crippen molar-refractivity contribution in [2.24, 2.45) is 0 Å². The first-order valence-electron chi connectivity index (χ1n) is 10.4. The topological polar surface area (TPSA) is 74.6 Å². The van der Waals surface area contributed by atoms with Gasteiger partial charge in [-0.1, -0.05) is 6.07 Å². The molecule has 2 aliphatic rings. The second-order valence-electron chi connectivity index (χ2n) is 7.94. The van der Waals surface area contributed by atoms with E-state index in [-0.39, 0.29) is 11.5 Å². The number of pyridine rings is 1. The summed E-state index contributed by atoms with van der Waals surface area (Å²) >= 11 is 0. The highest BCUT2D eigenvalue weighted by Crippen LogP contribution is 2.28. The van der Waals surface area contributed by atoms with Gasteiger partial charge in [-0.3, -0.25) is 4.79 Å². The zero-order valence-electron chi connectivity index (χ0n) is 16.7. The molecule has 2 aliphatic heterocycles. The lowest BCUT2D eigenvalue weighted by Gasteiger charge is -2.37. The van der Waals surface area contributed by atoms with Gasteiger partial charge < -0.3 is 23.9 Å². The van der Waals surface area contributed by atoms with Crippen LogP contribution in [-0.4, -0.2) is 54.2 Å². The van der Waals surface area contributed by atoms with E-state index in [0.717, 1.165) is 42.8 Å². The van der Waals surface area contributed by atoms with Crippen molar-refractivity contribution in [3.63, 3.8) is 0 Å². The molecule has 0 bridgehead atoms. The normalized spacial score (nSPS) is 18.6. The molecule has 5 rings (SSSR count). The first-order chi connectivity index (χ1) is 14.2. The Morgan fingerprint density at radius 2 is 1.93 bits per heavy atom. The molecule has 1 aromatic carbocycles. The second-order valence-corrected chi connectivity index (χ2v) is 7.94. The molecule has 0 atom stereocenters. The number of oxazole rings is 1. The van der Waals surface area contributed by atoms with Crippen molar-refractivity contribution in [2.75, 3.05) is 38.2 Å². The highest BCUT2D eigenvalue weighted by atomic mass is 16.6. The van der Waals surface area contributed by atoms with Crippen LogP contribution in [0.5, 0.6) is 6.08 Å². The van der Waals surface area contributed by atoms with Gasteiger partial charge in [0.1, 0.15) is 5.82 Å². The molecular weight excluding hydrogens is 368 g/mol. The SMILES string of the molecule is COc1ncc(-c2ccc3c(=O)cc(N4CCC(N5CCCC5)CC4)[nH]c3c2)o1. The fourth-order valence-electron chi connectivity index (χ4n) is 4.63. The van der Waals surface area contributed by atoms with Gasteiger partial charge in [-0.25, -0.2) is 0 Å². The number of aromatic nitrogens is 2.